The normalized spacial score (nSPS) is 17.5. The van der Waals surface area contributed by atoms with Crippen molar-refractivity contribution in [2.75, 3.05) is 12.4 Å². The second-order valence-electron chi connectivity index (χ2n) is 4.11. The van der Waals surface area contributed by atoms with Crippen molar-refractivity contribution in [3.05, 3.63) is 28.2 Å². The van der Waals surface area contributed by atoms with Crippen LogP contribution in [0, 0.1) is 0 Å². The first-order valence-corrected chi connectivity index (χ1v) is 5.71. The molecule has 1 aromatic rings. The van der Waals surface area contributed by atoms with Gasteiger partial charge in [-0.1, -0.05) is 15.9 Å². The fourth-order valence-electron chi connectivity index (χ4n) is 1.53. The van der Waals surface area contributed by atoms with E-state index in [0.717, 1.165) is 21.5 Å². The van der Waals surface area contributed by atoms with Gasteiger partial charge in [-0.3, -0.25) is 0 Å². The molecule has 0 spiro atoms. The number of fused-ring (bicyclic) bond motifs is 1. The van der Waals surface area contributed by atoms with Crippen molar-refractivity contribution in [3.8, 4) is 5.75 Å². The summed E-state index contributed by atoms with van der Waals surface area (Å²) >= 11 is 3.54. The first kappa shape index (κ1) is 10.6. The topological polar surface area (TPSA) is 21.3 Å². The lowest BCUT2D eigenvalue weighted by Crippen LogP contribution is -2.30. The Hall–Kier alpha value is -0.960. The molecule has 0 radical (unpaired) electrons. The summed E-state index contributed by atoms with van der Waals surface area (Å²) in [6.07, 6.45) is 2.11. The van der Waals surface area contributed by atoms with Gasteiger partial charge in [0.1, 0.15) is 11.4 Å². The minimum atomic E-state index is -0.278. The van der Waals surface area contributed by atoms with E-state index in [4.69, 9.17) is 4.74 Å². The van der Waals surface area contributed by atoms with Gasteiger partial charge in [-0.2, -0.15) is 0 Å². The van der Waals surface area contributed by atoms with Crippen LogP contribution in [0.2, 0.25) is 0 Å². The highest BCUT2D eigenvalue weighted by atomic mass is 79.9. The van der Waals surface area contributed by atoms with Crippen molar-refractivity contribution in [2.45, 2.75) is 19.4 Å². The third-order valence-electron chi connectivity index (χ3n) is 2.52. The molecule has 1 N–H and O–H groups in total. The minimum absolute atomic E-state index is 0.278. The number of anilines is 1. The Morgan fingerprint density at radius 1 is 1.33 bits per heavy atom. The van der Waals surface area contributed by atoms with Crippen LogP contribution in [0.4, 0.5) is 5.69 Å². The Balaban J connectivity index is 2.48. The molecule has 0 aromatic heterocycles. The number of hydrogen-bond acceptors (Lipinski definition) is 2. The third kappa shape index (κ3) is 1.88. The SMILES string of the molecule is CNc1ccc2c(c1)OC(C)(C)C(Br)=C2. The molecule has 1 aliphatic rings. The van der Waals surface area contributed by atoms with Crippen LogP contribution in [0.25, 0.3) is 6.08 Å². The minimum Gasteiger partial charge on any atom is -0.482 e. The molecule has 1 aliphatic heterocycles. The zero-order valence-corrected chi connectivity index (χ0v) is 10.7. The van der Waals surface area contributed by atoms with Crippen LogP contribution in [0.5, 0.6) is 5.75 Å². The predicted octanol–water partition coefficient (Wildman–Crippen LogP) is 3.64. The maximum absolute atomic E-state index is 5.92. The monoisotopic (exact) mass is 267 g/mol. The molecule has 3 heteroatoms. The van der Waals surface area contributed by atoms with Crippen LogP contribution in [-0.4, -0.2) is 12.6 Å². The molecule has 0 bridgehead atoms. The zero-order chi connectivity index (χ0) is 11.1. The summed E-state index contributed by atoms with van der Waals surface area (Å²) in [7, 11) is 1.90. The highest BCUT2D eigenvalue weighted by Crippen LogP contribution is 2.39. The number of rotatable bonds is 1. The van der Waals surface area contributed by atoms with Crippen molar-refractivity contribution in [2.24, 2.45) is 0 Å². The van der Waals surface area contributed by atoms with Crippen LogP contribution in [0.1, 0.15) is 19.4 Å². The zero-order valence-electron chi connectivity index (χ0n) is 9.10. The highest BCUT2D eigenvalue weighted by Gasteiger charge is 2.28. The molecule has 80 valence electrons. The molecule has 0 saturated heterocycles. The van der Waals surface area contributed by atoms with Gasteiger partial charge in [0.15, 0.2) is 0 Å². The van der Waals surface area contributed by atoms with Crippen LogP contribution in [-0.2, 0) is 0 Å². The lowest BCUT2D eigenvalue weighted by atomic mass is 10.0. The molecule has 15 heavy (non-hydrogen) atoms. The molecule has 0 saturated carbocycles. The number of benzene rings is 1. The quantitative estimate of drug-likeness (QED) is 0.839. The van der Waals surface area contributed by atoms with Gasteiger partial charge in [-0.15, -0.1) is 0 Å². The maximum Gasteiger partial charge on any atom is 0.135 e. The molecule has 1 heterocycles. The van der Waals surface area contributed by atoms with Crippen LogP contribution < -0.4 is 10.1 Å². The first-order valence-electron chi connectivity index (χ1n) is 4.91. The number of hydrogen-bond donors (Lipinski definition) is 1. The summed E-state index contributed by atoms with van der Waals surface area (Å²) in [6.45, 7) is 4.09. The summed E-state index contributed by atoms with van der Waals surface area (Å²) in [5.41, 5.74) is 1.90. The van der Waals surface area contributed by atoms with Gasteiger partial charge in [0, 0.05) is 28.8 Å². The Bertz CT molecular complexity index is 424. The molecular formula is C12H14BrNO. The Morgan fingerprint density at radius 2 is 2.07 bits per heavy atom. The largest absolute Gasteiger partial charge is 0.482 e. The summed E-state index contributed by atoms with van der Waals surface area (Å²) in [5, 5.41) is 3.10. The van der Waals surface area contributed by atoms with E-state index < -0.39 is 0 Å². The van der Waals surface area contributed by atoms with Gasteiger partial charge < -0.3 is 10.1 Å². The standard InChI is InChI=1S/C12H14BrNO/c1-12(2)11(13)6-8-4-5-9(14-3)7-10(8)15-12/h4-7,14H,1-3H3. The molecule has 2 nitrogen and oxygen atoms in total. The molecule has 0 unspecified atom stereocenters. The lowest BCUT2D eigenvalue weighted by molar-refractivity contribution is 0.156. The average molecular weight is 268 g/mol. The number of ether oxygens (including phenoxy) is 1. The number of halogens is 1. The molecule has 2 rings (SSSR count). The van der Waals surface area contributed by atoms with Gasteiger partial charge in [0.2, 0.25) is 0 Å². The summed E-state index contributed by atoms with van der Waals surface area (Å²) < 4.78 is 6.99. The van der Waals surface area contributed by atoms with Gasteiger partial charge in [-0.05, 0) is 32.1 Å². The van der Waals surface area contributed by atoms with E-state index in [0.29, 0.717) is 0 Å². The Labute approximate surface area is 98.5 Å². The summed E-state index contributed by atoms with van der Waals surface area (Å²) in [6, 6.07) is 6.11. The number of nitrogens with one attached hydrogen (secondary N) is 1. The van der Waals surface area contributed by atoms with E-state index in [2.05, 4.69) is 33.4 Å². The smallest absolute Gasteiger partial charge is 0.135 e. The Kier molecular flexibility index (Phi) is 2.51. The van der Waals surface area contributed by atoms with E-state index in [1.54, 1.807) is 0 Å². The second-order valence-corrected chi connectivity index (χ2v) is 4.96. The Morgan fingerprint density at radius 3 is 2.73 bits per heavy atom. The molecule has 0 atom stereocenters. The summed E-state index contributed by atoms with van der Waals surface area (Å²) in [4.78, 5) is 0. The van der Waals surface area contributed by atoms with E-state index in [-0.39, 0.29) is 5.60 Å². The van der Waals surface area contributed by atoms with Crippen LogP contribution in [0.3, 0.4) is 0 Å². The maximum atomic E-state index is 5.92. The average Bonchev–Trinajstić information content (AvgIpc) is 2.18. The van der Waals surface area contributed by atoms with Crippen LogP contribution in [0.15, 0.2) is 22.7 Å². The molecular weight excluding hydrogens is 254 g/mol. The molecule has 0 aliphatic carbocycles. The van der Waals surface area contributed by atoms with E-state index in [9.17, 15) is 0 Å². The van der Waals surface area contributed by atoms with E-state index in [1.807, 2.05) is 33.0 Å². The van der Waals surface area contributed by atoms with Gasteiger partial charge in [-0.25, -0.2) is 0 Å². The van der Waals surface area contributed by atoms with E-state index in [1.165, 1.54) is 0 Å². The second kappa shape index (κ2) is 3.56. The van der Waals surface area contributed by atoms with Crippen molar-refractivity contribution in [3.63, 3.8) is 0 Å². The van der Waals surface area contributed by atoms with Gasteiger partial charge in [0.05, 0.1) is 0 Å². The van der Waals surface area contributed by atoms with Gasteiger partial charge >= 0.3 is 0 Å². The lowest BCUT2D eigenvalue weighted by Gasteiger charge is -2.31. The fourth-order valence-corrected chi connectivity index (χ4v) is 1.86. The van der Waals surface area contributed by atoms with Crippen molar-refractivity contribution >= 4 is 27.7 Å². The van der Waals surface area contributed by atoms with Crippen molar-refractivity contribution in [1.29, 1.82) is 0 Å². The van der Waals surface area contributed by atoms with Crippen LogP contribution >= 0.6 is 15.9 Å². The van der Waals surface area contributed by atoms with Crippen molar-refractivity contribution in [1.82, 2.24) is 0 Å². The van der Waals surface area contributed by atoms with E-state index >= 15 is 0 Å². The highest BCUT2D eigenvalue weighted by molar-refractivity contribution is 9.11. The summed E-state index contributed by atoms with van der Waals surface area (Å²) in [5.74, 6) is 0.926. The fraction of sp³-hybridized carbons (Fsp3) is 0.333. The first-order chi connectivity index (χ1) is 7.03. The van der Waals surface area contributed by atoms with Gasteiger partial charge in [0.25, 0.3) is 0 Å². The molecule has 0 amide bonds. The van der Waals surface area contributed by atoms with Crippen molar-refractivity contribution < 1.29 is 4.74 Å². The third-order valence-corrected chi connectivity index (χ3v) is 3.71. The predicted molar refractivity (Wildman–Crippen MR) is 67.6 cm³/mol. The molecule has 1 aromatic carbocycles. The molecule has 0 fully saturated rings.